The van der Waals surface area contributed by atoms with E-state index in [-0.39, 0.29) is 10.5 Å². The minimum Gasteiger partial charge on any atom is -0.322 e. The molecule has 0 saturated heterocycles. The highest BCUT2D eigenvalue weighted by Gasteiger charge is 2.23. The summed E-state index contributed by atoms with van der Waals surface area (Å²) in [5.41, 5.74) is 2.05. The topological polar surface area (TPSA) is 66.5 Å². The van der Waals surface area contributed by atoms with Gasteiger partial charge in [0.25, 0.3) is 15.9 Å². The van der Waals surface area contributed by atoms with Crippen molar-refractivity contribution in [3.8, 4) is 0 Å². The highest BCUT2D eigenvalue weighted by Crippen LogP contribution is 2.27. The molecule has 3 aromatic rings. The molecule has 0 heterocycles. The van der Waals surface area contributed by atoms with Crippen LogP contribution in [0, 0.1) is 6.92 Å². The quantitative estimate of drug-likeness (QED) is 0.569. The number of hydrogen-bond acceptors (Lipinski definition) is 3. The molecule has 1 N–H and O–H groups in total. The molecule has 0 saturated carbocycles. The molecule has 0 aliphatic carbocycles. The van der Waals surface area contributed by atoms with Crippen LogP contribution in [0.4, 0.5) is 11.4 Å². The second kappa shape index (κ2) is 8.45. The Balaban J connectivity index is 1.89. The molecule has 0 spiro atoms. The lowest BCUT2D eigenvalue weighted by atomic mass is 10.2. The zero-order valence-corrected chi connectivity index (χ0v) is 18.0. The molecule has 0 aliphatic heterocycles. The van der Waals surface area contributed by atoms with Gasteiger partial charge in [0.2, 0.25) is 0 Å². The lowest BCUT2D eigenvalue weighted by Crippen LogP contribution is -2.27. The zero-order valence-electron chi connectivity index (χ0n) is 15.7. The molecule has 0 aromatic heterocycles. The summed E-state index contributed by atoms with van der Waals surface area (Å²) in [5.74, 6) is -0.459. The van der Waals surface area contributed by atoms with Gasteiger partial charge >= 0.3 is 0 Å². The summed E-state index contributed by atoms with van der Waals surface area (Å²) in [6.45, 7) is 1.84. The number of anilines is 2. The summed E-state index contributed by atoms with van der Waals surface area (Å²) in [4.78, 5) is 12.6. The van der Waals surface area contributed by atoms with Gasteiger partial charge in [-0.1, -0.05) is 47.5 Å². The Morgan fingerprint density at radius 1 is 0.931 bits per heavy atom. The van der Waals surface area contributed by atoms with Crippen LogP contribution in [-0.4, -0.2) is 21.4 Å². The molecule has 5 nitrogen and oxygen atoms in total. The van der Waals surface area contributed by atoms with Crippen LogP contribution in [-0.2, 0) is 10.0 Å². The van der Waals surface area contributed by atoms with Crippen molar-refractivity contribution in [1.29, 1.82) is 0 Å². The predicted octanol–water partition coefficient (Wildman–Crippen LogP) is 5.38. The first-order valence-electron chi connectivity index (χ1n) is 8.61. The van der Waals surface area contributed by atoms with Gasteiger partial charge in [0.15, 0.2) is 0 Å². The number of nitrogens with one attached hydrogen (secondary N) is 1. The number of para-hydroxylation sites is 1. The lowest BCUT2D eigenvalue weighted by molar-refractivity contribution is 0.102. The van der Waals surface area contributed by atoms with Crippen LogP contribution in [0.2, 0.25) is 10.0 Å². The highest BCUT2D eigenvalue weighted by molar-refractivity contribution is 7.92. The number of amides is 1. The molecule has 3 rings (SSSR count). The summed E-state index contributed by atoms with van der Waals surface area (Å²) < 4.78 is 27.3. The molecular weight excluding hydrogens is 431 g/mol. The maximum atomic E-state index is 13.1. The lowest BCUT2D eigenvalue weighted by Gasteiger charge is -2.21. The highest BCUT2D eigenvalue weighted by atomic mass is 35.5. The number of benzene rings is 3. The van der Waals surface area contributed by atoms with Gasteiger partial charge in [-0.3, -0.25) is 9.10 Å². The fourth-order valence-electron chi connectivity index (χ4n) is 2.78. The zero-order chi connectivity index (χ0) is 21.2. The minimum atomic E-state index is -3.84. The number of carbonyl (C=O) groups is 1. The Bertz CT molecular complexity index is 1180. The molecular formula is C21H18Cl2N2O3S. The van der Waals surface area contributed by atoms with E-state index in [4.69, 9.17) is 23.2 Å². The Hall–Kier alpha value is -2.54. The number of rotatable bonds is 5. The maximum absolute atomic E-state index is 13.1. The Morgan fingerprint density at radius 3 is 2.34 bits per heavy atom. The van der Waals surface area contributed by atoms with Crippen LogP contribution in [0.5, 0.6) is 0 Å². The summed E-state index contributed by atoms with van der Waals surface area (Å²) in [7, 11) is -2.35. The molecule has 8 heteroatoms. The predicted molar refractivity (Wildman–Crippen MR) is 118 cm³/mol. The van der Waals surface area contributed by atoms with Crippen LogP contribution in [0.15, 0.2) is 71.6 Å². The molecule has 0 radical (unpaired) electrons. The fourth-order valence-corrected chi connectivity index (χ4v) is 4.38. The van der Waals surface area contributed by atoms with Crippen molar-refractivity contribution in [3.05, 3.63) is 87.9 Å². The number of aryl methyl sites for hydroxylation is 1. The van der Waals surface area contributed by atoms with Gasteiger partial charge in [-0.25, -0.2) is 8.42 Å². The van der Waals surface area contributed by atoms with E-state index in [1.54, 1.807) is 30.3 Å². The third kappa shape index (κ3) is 4.56. The van der Waals surface area contributed by atoms with Gasteiger partial charge in [-0.15, -0.1) is 0 Å². The summed E-state index contributed by atoms with van der Waals surface area (Å²) in [5, 5.41) is 3.36. The van der Waals surface area contributed by atoms with Crippen molar-refractivity contribution in [3.63, 3.8) is 0 Å². The van der Waals surface area contributed by atoms with Gasteiger partial charge < -0.3 is 5.32 Å². The third-order valence-electron chi connectivity index (χ3n) is 4.39. The molecule has 3 aromatic carbocycles. The van der Waals surface area contributed by atoms with Crippen LogP contribution in [0.1, 0.15) is 15.9 Å². The first kappa shape index (κ1) is 21.2. The van der Waals surface area contributed by atoms with Gasteiger partial charge in [0.1, 0.15) is 0 Å². The third-order valence-corrected chi connectivity index (χ3v) is 6.89. The molecule has 150 valence electrons. The average Bonchev–Trinajstić information content (AvgIpc) is 2.70. The molecule has 0 unspecified atom stereocenters. The van der Waals surface area contributed by atoms with Gasteiger partial charge in [-0.05, 0) is 55.0 Å². The van der Waals surface area contributed by atoms with E-state index in [0.717, 1.165) is 5.56 Å². The normalized spacial score (nSPS) is 11.2. The van der Waals surface area contributed by atoms with E-state index in [0.29, 0.717) is 21.4 Å². The van der Waals surface area contributed by atoms with Crippen LogP contribution >= 0.6 is 23.2 Å². The fraction of sp³-hybridized carbons (Fsp3) is 0.0952. The van der Waals surface area contributed by atoms with E-state index >= 15 is 0 Å². The standard InChI is InChI=1S/C21H18Cl2N2O3S/c1-14-6-3-4-9-20(14)25(2)29(27,28)17-8-5-7-15(12-17)21(26)24-16-10-11-18(22)19(23)13-16/h3-13H,1-2H3,(H,24,26). The smallest absolute Gasteiger partial charge is 0.264 e. The summed E-state index contributed by atoms with van der Waals surface area (Å²) in [6, 6.07) is 17.8. The number of nitrogens with zero attached hydrogens (tertiary/aromatic N) is 1. The van der Waals surface area contributed by atoms with Crippen LogP contribution < -0.4 is 9.62 Å². The van der Waals surface area contributed by atoms with Crippen molar-refractivity contribution in [2.75, 3.05) is 16.7 Å². The maximum Gasteiger partial charge on any atom is 0.264 e. The average molecular weight is 449 g/mol. The van der Waals surface area contributed by atoms with Crippen LogP contribution in [0.25, 0.3) is 0 Å². The Labute approximate surface area is 179 Å². The van der Waals surface area contributed by atoms with E-state index in [1.165, 1.54) is 35.6 Å². The molecule has 1 amide bonds. The first-order valence-corrected chi connectivity index (χ1v) is 10.8. The molecule has 0 bridgehead atoms. The van der Waals surface area contributed by atoms with Gasteiger partial charge in [0.05, 0.1) is 20.6 Å². The Morgan fingerprint density at radius 2 is 1.66 bits per heavy atom. The molecule has 0 aliphatic rings. The number of halogens is 2. The second-order valence-corrected chi connectivity index (χ2v) is 9.15. The van der Waals surface area contributed by atoms with Gasteiger partial charge in [0, 0.05) is 18.3 Å². The monoisotopic (exact) mass is 448 g/mol. The summed E-state index contributed by atoms with van der Waals surface area (Å²) >= 11 is 11.8. The van der Waals surface area contributed by atoms with Crippen molar-refractivity contribution >= 4 is 50.5 Å². The number of carbonyl (C=O) groups excluding carboxylic acids is 1. The van der Waals surface area contributed by atoms with E-state index in [1.807, 2.05) is 19.1 Å². The molecule has 0 atom stereocenters. The van der Waals surface area contributed by atoms with E-state index < -0.39 is 15.9 Å². The molecule has 29 heavy (non-hydrogen) atoms. The molecule has 0 fully saturated rings. The van der Waals surface area contributed by atoms with Crippen LogP contribution in [0.3, 0.4) is 0 Å². The minimum absolute atomic E-state index is 0.0186. The second-order valence-electron chi connectivity index (χ2n) is 6.37. The van der Waals surface area contributed by atoms with Gasteiger partial charge in [-0.2, -0.15) is 0 Å². The van der Waals surface area contributed by atoms with Crippen molar-refractivity contribution in [1.82, 2.24) is 0 Å². The number of hydrogen-bond donors (Lipinski definition) is 1. The van der Waals surface area contributed by atoms with Crippen molar-refractivity contribution in [2.24, 2.45) is 0 Å². The SMILES string of the molecule is Cc1ccccc1N(C)S(=O)(=O)c1cccc(C(=O)Nc2ccc(Cl)c(Cl)c2)c1. The largest absolute Gasteiger partial charge is 0.322 e. The summed E-state index contributed by atoms with van der Waals surface area (Å²) in [6.07, 6.45) is 0. The van der Waals surface area contributed by atoms with E-state index in [2.05, 4.69) is 5.32 Å². The van der Waals surface area contributed by atoms with Crippen molar-refractivity contribution < 1.29 is 13.2 Å². The number of sulfonamides is 1. The Kier molecular flexibility index (Phi) is 6.17. The van der Waals surface area contributed by atoms with Crippen molar-refractivity contribution in [2.45, 2.75) is 11.8 Å². The first-order chi connectivity index (χ1) is 13.7. The van der Waals surface area contributed by atoms with E-state index in [9.17, 15) is 13.2 Å².